The van der Waals surface area contributed by atoms with E-state index >= 15 is 0 Å². The van der Waals surface area contributed by atoms with Crippen molar-refractivity contribution in [2.45, 2.75) is 4.90 Å². The van der Waals surface area contributed by atoms with Gasteiger partial charge in [0.25, 0.3) is 0 Å². The van der Waals surface area contributed by atoms with Gasteiger partial charge in [0.15, 0.2) is 0 Å². The first kappa shape index (κ1) is 14.2. The molecule has 0 aliphatic rings. The van der Waals surface area contributed by atoms with Gasteiger partial charge >= 0.3 is 5.97 Å². The Morgan fingerprint density at radius 1 is 1.50 bits per heavy atom. The summed E-state index contributed by atoms with van der Waals surface area (Å²) in [4.78, 5) is 10.7. The fourth-order valence-corrected chi connectivity index (χ4v) is 2.25. The molecule has 0 heterocycles. The first-order chi connectivity index (χ1) is 8.42. The third kappa shape index (κ3) is 3.08. The Morgan fingerprint density at radius 3 is 2.67 bits per heavy atom. The molecular weight excluding hydrogens is 256 g/mol. The van der Waals surface area contributed by atoms with E-state index in [0.29, 0.717) is 12.2 Å². The lowest BCUT2D eigenvalue weighted by atomic mass is 10.2. The zero-order valence-electron chi connectivity index (χ0n) is 9.80. The number of hydrogen-bond acceptors (Lipinski definition) is 4. The first-order valence-electron chi connectivity index (χ1n) is 5.08. The quantitative estimate of drug-likeness (QED) is 0.667. The van der Waals surface area contributed by atoms with Crippen molar-refractivity contribution in [3.8, 4) is 0 Å². The lowest BCUT2D eigenvalue weighted by molar-refractivity contribution is 0.0696. The van der Waals surface area contributed by atoms with Gasteiger partial charge in [-0.3, -0.25) is 0 Å². The molecule has 0 unspecified atom stereocenters. The van der Waals surface area contributed by atoms with Gasteiger partial charge in [-0.25, -0.2) is 17.9 Å². The highest BCUT2D eigenvalue weighted by Gasteiger charge is 2.18. The van der Waals surface area contributed by atoms with E-state index in [1.165, 1.54) is 19.2 Å². The number of rotatable bonds is 6. The molecular formula is C11H14N2O4S. The van der Waals surface area contributed by atoms with Gasteiger partial charge in [0.05, 0.1) is 11.3 Å². The van der Waals surface area contributed by atoms with Crippen LogP contribution in [0.5, 0.6) is 0 Å². The summed E-state index contributed by atoms with van der Waals surface area (Å²) in [6.45, 7) is 3.89. The van der Waals surface area contributed by atoms with Crippen LogP contribution in [0.25, 0.3) is 0 Å². The molecule has 1 rings (SSSR count). The Morgan fingerprint density at radius 2 is 2.17 bits per heavy atom. The van der Waals surface area contributed by atoms with E-state index in [4.69, 9.17) is 5.11 Å². The first-order valence-corrected chi connectivity index (χ1v) is 6.56. The SMILES string of the molecule is C=CCNc1ccc(C(=O)O)cc1S(=O)(=O)NC. The topological polar surface area (TPSA) is 95.5 Å². The van der Waals surface area contributed by atoms with Crippen molar-refractivity contribution in [1.82, 2.24) is 4.72 Å². The van der Waals surface area contributed by atoms with Crippen LogP contribution in [0.2, 0.25) is 0 Å². The maximum atomic E-state index is 11.8. The Hall–Kier alpha value is -1.86. The lowest BCUT2D eigenvalue weighted by Gasteiger charge is -2.11. The van der Waals surface area contributed by atoms with E-state index in [-0.39, 0.29) is 10.5 Å². The average molecular weight is 270 g/mol. The van der Waals surface area contributed by atoms with Gasteiger partial charge < -0.3 is 10.4 Å². The molecule has 18 heavy (non-hydrogen) atoms. The van der Waals surface area contributed by atoms with E-state index in [0.717, 1.165) is 6.07 Å². The molecule has 0 aliphatic carbocycles. The van der Waals surface area contributed by atoms with Gasteiger partial charge in [0.2, 0.25) is 10.0 Å². The molecule has 0 spiro atoms. The molecule has 0 bridgehead atoms. The highest BCUT2D eigenvalue weighted by atomic mass is 32.2. The maximum absolute atomic E-state index is 11.8. The second-order valence-corrected chi connectivity index (χ2v) is 5.25. The van der Waals surface area contributed by atoms with Gasteiger partial charge in [-0.15, -0.1) is 6.58 Å². The molecule has 0 fully saturated rings. The largest absolute Gasteiger partial charge is 0.478 e. The van der Waals surface area contributed by atoms with Gasteiger partial charge in [-0.05, 0) is 25.2 Å². The summed E-state index contributed by atoms with van der Waals surface area (Å²) in [5.41, 5.74) is 0.238. The molecule has 0 saturated carbocycles. The van der Waals surface area contributed by atoms with Crippen molar-refractivity contribution < 1.29 is 18.3 Å². The van der Waals surface area contributed by atoms with Crippen LogP contribution in [0.3, 0.4) is 0 Å². The number of carboxylic acids is 1. The summed E-state index contributed by atoms with van der Waals surface area (Å²) in [5.74, 6) is -1.18. The average Bonchev–Trinajstić information content (AvgIpc) is 2.35. The predicted octanol–water partition coefficient (Wildman–Crippen LogP) is 0.891. The van der Waals surface area contributed by atoms with Crippen LogP contribution in [0, 0.1) is 0 Å². The fraction of sp³-hybridized carbons (Fsp3) is 0.182. The third-order valence-corrected chi connectivity index (χ3v) is 3.68. The number of benzene rings is 1. The van der Waals surface area contributed by atoms with Crippen molar-refractivity contribution in [3.63, 3.8) is 0 Å². The predicted molar refractivity (Wildman–Crippen MR) is 68.3 cm³/mol. The van der Waals surface area contributed by atoms with Crippen LogP contribution in [-0.2, 0) is 10.0 Å². The molecule has 98 valence electrons. The minimum atomic E-state index is -3.73. The van der Waals surface area contributed by atoms with Crippen molar-refractivity contribution in [2.75, 3.05) is 18.9 Å². The van der Waals surface area contributed by atoms with Gasteiger partial charge in [0, 0.05) is 6.54 Å². The number of carboxylic acid groups (broad SMARTS) is 1. The minimum absolute atomic E-state index is 0.0898. The summed E-state index contributed by atoms with van der Waals surface area (Å²) < 4.78 is 25.7. The second kappa shape index (κ2) is 5.65. The molecule has 0 amide bonds. The molecule has 1 aromatic rings. The van der Waals surface area contributed by atoms with Crippen molar-refractivity contribution in [3.05, 3.63) is 36.4 Å². The third-order valence-electron chi connectivity index (χ3n) is 2.22. The molecule has 3 N–H and O–H groups in total. The molecule has 0 aliphatic heterocycles. The van der Waals surface area contributed by atoms with Crippen molar-refractivity contribution >= 4 is 21.7 Å². The van der Waals surface area contributed by atoms with Gasteiger partial charge in [0.1, 0.15) is 4.90 Å². The summed E-state index contributed by atoms with van der Waals surface area (Å²) in [6, 6.07) is 3.86. The van der Waals surface area contributed by atoms with E-state index in [1.807, 2.05) is 0 Å². The van der Waals surface area contributed by atoms with Crippen molar-refractivity contribution in [2.24, 2.45) is 0 Å². The zero-order chi connectivity index (χ0) is 13.8. The highest BCUT2D eigenvalue weighted by Crippen LogP contribution is 2.22. The van der Waals surface area contributed by atoms with Crippen molar-refractivity contribution in [1.29, 1.82) is 0 Å². The van der Waals surface area contributed by atoms with E-state index in [2.05, 4.69) is 16.6 Å². The standard InChI is InChI=1S/C11H14N2O4S/c1-3-6-13-9-5-4-8(11(14)15)7-10(9)18(16,17)12-2/h3-5,7,12-13H,1,6H2,2H3,(H,14,15). The van der Waals surface area contributed by atoms with Crippen LogP contribution < -0.4 is 10.0 Å². The number of nitrogens with one attached hydrogen (secondary N) is 2. The monoisotopic (exact) mass is 270 g/mol. The number of aromatic carboxylic acids is 1. The lowest BCUT2D eigenvalue weighted by Crippen LogP contribution is -2.21. The summed E-state index contributed by atoms with van der Waals surface area (Å²) >= 11 is 0. The smallest absolute Gasteiger partial charge is 0.335 e. The zero-order valence-corrected chi connectivity index (χ0v) is 10.6. The molecule has 0 saturated heterocycles. The molecule has 7 heteroatoms. The molecule has 0 aromatic heterocycles. The van der Waals surface area contributed by atoms with Gasteiger partial charge in [-0.1, -0.05) is 6.08 Å². The number of hydrogen-bond donors (Lipinski definition) is 3. The number of sulfonamides is 1. The fourth-order valence-electron chi connectivity index (χ4n) is 1.32. The highest BCUT2D eigenvalue weighted by molar-refractivity contribution is 7.89. The Kier molecular flexibility index (Phi) is 4.46. The number of anilines is 1. The molecule has 1 aromatic carbocycles. The summed E-state index contributed by atoms with van der Waals surface area (Å²) in [6.07, 6.45) is 1.57. The van der Waals surface area contributed by atoms with E-state index < -0.39 is 16.0 Å². The van der Waals surface area contributed by atoms with E-state index in [9.17, 15) is 13.2 Å². The Balaban J connectivity index is 3.35. The summed E-state index contributed by atoms with van der Waals surface area (Å²) in [7, 11) is -2.46. The summed E-state index contributed by atoms with van der Waals surface area (Å²) in [5, 5.41) is 11.7. The van der Waals surface area contributed by atoms with Crippen LogP contribution in [0.15, 0.2) is 35.7 Å². The molecule has 6 nitrogen and oxygen atoms in total. The second-order valence-electron chi connectivity index (χ2n) is 3.39. The van der Waals surface area contributed by atoms with Crippen LogP contribution in [-0.4, -0.2) is 33.1 Å². The van der Waals surface area contributed by atoms with Crippen LogP contribution in [0.4, 0.5) is 5.69 Å². The minimum Gasteiger partial charge on any atom is -0.478 e. The van der Waals surface area contributed by atoms with E-state index in [1.54, 1.807) is 6.08 Å². The molecule has 0 radical (unpaired) electrons. The maximum Gasteiger partial charge on any atom is 0.335 e. The van der Waals surface area contributed by atoms with Gasteiger partial charge in [-0.2, -0.15) is 0 Å². The molecule has 0 atom stereocenters. The number of carbonyl (C=O) groups is 1. The Bertz CT molecular complexity index is 566. The Labute approximate surface area is 105 Å². The van der Waals surface area contributed by atoms with Crippen LogP contribution >= 0.6 is 0 Å². The van der Waals surface area contributed by atoms with Crippen LogP contribution in [0.1, 0.15) is 10.4 Å². The normalized spacial score (nSPS) is 10.9.